The van der Waals surface area contributed by atoms with Crippen molar-refractivity contribution in [3.05, 3.63) is 42.5 Å². The molecule has 148 valence electrons. The van der Waals surface area contributed by atoms with E-state index in [1.54, 1.807) is 16.9 Å². The molecule has 9 nitrogen and oxygen atoms in total. The first-order chi connectivity index (χ1) is 14.1. The molecule has 0 unspecified atom stereocenters. The summed E-state index contributed by atoms with van der Waals surface area (Å²) in [6.45, 7) is 1.99. The number of piperidine rings is 1. The van der Waals surface area contributed by atoms with E-state index in [0.717, 1.165) is 48.0 Å². The number of amides is 1. The highest BCUT2D eigenvalue weighted by molar-refractivity contribution is 6.02. The highest BCUT2D eigenvalue weighted by Crippen LogP contribution is 2.29. The lowest BCUT2D eigenvalue weighted by Gasteiger charge is -2.29. The van der Waals surface area contributed by atoms with E-state index in [4.69, 9.17) is 5.73 Å². The summed E-state index contributed by atoms with van der Waals surface area (Å²) in [7, 11) is 2.11. The Kier molecular flexibility index (Phi) is 4.17. The molecule has 1 saturated heterocycles. The van der Waals surface area contributed by atoms with Gasteiger partial charge >= 0.3 is 0 Å². The van der Waals surface area contributed by atoms with Crippen LogP contribution >= 0.6 is 0 Å². The minimum atomic E-state index is -0.0817. The van der Waals surface area contributed by atoms with E-state index in [0.29, 0.717) is 11.2 Å². The molecule has 1 aliphatic heterocycles. The van der Waals surface area contributed by atoms with Gasteiger partial charge in [0.05, 0.1) is 17.3 Å². The molecule has 0 spiro atoms. The van der Waals surface area contributed by atoms with Crippen molar-refractivity contribution < 1.29 is 4.79 Å². The fraction of sp³-hybridized carbons (Fsp3) is 0.300. The Hall–Kier alpha value is -3.46. The summed E-state index contributed by atoms with van der Waals surface area (Å²) >= 11 is 0. The number of nitrogen functional groups attached to an aromatic ring is 1. The molecule has 29 heavy (non-hydrogen) atoms. The Morgan fingerprint density at radius 1 is 1.31 bits per heavy atom. The maximum absolute atomic E-state index is 12.9. The number of likely N-dealkylation sites (tertiary alicyclic amines) is 1. The van der Waals surface area contributed by atoms with Crippen LogP contribution in [-0.4, -0.2) is 61.6 Å². The average molecular weight is 390 g/mol. The molecule has 0 aromatic carbocycles. The van der Waals surface area contributed by atoms with Gasteiger partial charge in [0, 0.05) is 35.6 Å². The van der Waals surface area contributed by atoms with Gasteiger partial charge in [0.2, 0.25) is 5.95 Å². The summed E-state index contributed by atoms with van der Waals surface area (Å²) in [5.41, 5.74) is 9.59. The highest BCUT2D eigenvalue weighted by Gasteiger charge is 2.21. The van der Waals surface area contributed by atoms with E-state index in [1.807, 2.05) is 24.5 Å². The van der Waals surface area contributed by atoms with E-state index >= 15 is 0 Å². The molecule has 0 atom stereocenters. The van der Waals surface area contributed by atoms with Crippen LogP contribution in [0.4, 0.5) is 5.95 Å². The summed E-state index contributed by atoms with van der Waals surface area (Å²) in [5.74, 6) is 0.145. The van der Waals surface area contributed by atoms with Crippen molar-refractivity contribution in [3.8, 4) is 11.1 Å². The van der Waals surface area contributed by atoms with Gasteiger partial charge in [0.25, 0.3) is 5.91 Å². The van der Waals surface area contributed by atoms with Gasteiger partial charge in [-0.15, -0.1) is 0 Å². The number of rotatable bonds is 3. The number of H-pyrrole nitrogens is 1. The molecule has 5 rings (SSSR count). The molecule has 4 N–H and O–H groups in total. The van der Waals surface area contributed by atoms with Crippen LogP contribution in [0.5, 0.6) is 0 Å². The molecule has 0 aliphatic carbocycles. The molecule has 1 fully saturated rings. The number of nitrogens with one attached hydrogen (secondary N) is 2. The summed E-state index contributed by atoms with van der Waals surface area (Å²) in [4.78, 5) is 26.6. The summed E-state index contributed by atoms with van der Waals surface area (Å²) in [6.07, 6.45) is 8.99. The number of fused-ring (bicyclic) bond motifs is 2. The second-order valence-electron chi connectivity index (χ2n) is 7.55. The number of pyridine rings is 1. The second-order valence-corrected chi connectivity index (χ2v) is 7.55. The number of nitrogens with two attached hydrogens (primary N) is 1. The van der Waals surface area contributed by atoms with Gasteiger partial charge in [-0.3, -0.25) is 4.79 Å². The molecule has 1 aliphatic rings. The van der Waals surface area contributed by atoms with Crippen LogP contribution in [0, 0.1) is 0 Å². The van der Waals surface area contributed by atoms with Gasteiger partial charge in [-0.05, 0) is 50.7 Å². The van der Waals surface area contributed by atoms with Crippen molar-refractivity contribution in [2.75, 3.05) is 25.9 Å². The Balaban J connectivity index is 1.48. The second kappa shape index (κ2) is 6.85. The number of carbonyl (C=O) groups is 1. The van der Waals surface area contributed by atoms with E-state index in [-0.39, 0.29) is 17.9 Å². The van der Waals surface area contributed by atoms with Crippen LogP contribution < -0.4 is 11.1 Å². The van der Waals surface area contributed by atoms with E-state index < -0.39 is 0 Å². The molecule has 5 heterocycles. The average Bonchev–Trinajstić information content (AvgIpc) is 3.32. The van der Waals surface area contributed by atoms with Crippen LogP contribution in [0.25, 0.3) is 27.7 Å². The molecular formula is C20H22N8O. The number of carbonyl (C=O) groups excluding carboxylic acids is 1. The van der Waals surface area contributed by atoms with Gasteiger partial charge in [-0.25, -0.2) is 9.50 Å². The fourth-order valence-corrected chi connectivity index (χ4v) is 3.90. The Labute approximate surface area is 166 Å². The normalized spacial score (nSPS) is 15.9. The molecule has 0 saturated carbocycles. The minimum absolute atomic E-state index is 0.0817. The highest BCUT2D eigenvalue weighted by atomic mass is 16.1. The molecule has 4 aromatic rings. The third-order valence-corrected chi connectivity index (χ3v) is 5.58. The van der Waals surface area contributed by atoms with Gasteiger partial charge < -0.3 is 20.9 Å². The smallest absolute Gasteiger partial charge is 0.255 e. The molecule has 0 radical (unpaired) electrons. The number of hydrogen-bond acceptors (Lipinski definition) is 6. The van der Waals surface area contributed by atoms with Crippen molar-refractivity contribution >= 4 is 28.4 Å². The Bertz CT molecular complexity index is 1200. The minimum Gasteiger partial charge on any atom is -0.368 e. The number of anilines is 1. The van der Waals surface area contributed by atoms with Crippen molar-refractivity contribution in [2.45, 2.75) is 18.9 Å². The predicted octanol–water partition coefficient (Wildman–Crippen LogP) is 1.68. The molecular weight excluding hydrogens is 368 g/mol. The summed E-state index contributed by atoms with van der Waals surface area (Å²) in [5, 5.41) is 8.38. The van der Waals surface area contributed by atoms with Crippen LogP contribution in [0.15, 0.2) is 36.9 Å². The first-order valence-electron chi connectivity index (χ1n) is 9.65. The zero-order valence-corrected chi connectivity index (χ0v) is 16.1. The monoisotopic (exact) mass is 390 g/mol. The van der Waals surface area contributed by atoms with Crippen LogP contribution in [0.1, 0.15) is 23.2 Å². The zero-order valence-electron chi connectivity index (χ0n) is 16.1. The number of nitrogens with zero attached hydrogens (tertiary/aromatic N) is 5. The number of aromatic amines is 1. The van der Waals surface area contributed by atoms with E-state index in [1.165, 1.54) is 0 Å². The Morgan fingerprint density at radius 2 is 2.14 bits per heavy atom. The molecule has 9 heteroatoms. The maximum Gasteiger partial charge on any atom is 0.255 e. The van der Waals surface area contributed by atoms with E-state index in [9.17, 15) is 4.79 Å². The summed E-state index contributed by atoms with van der Waals surface area (Å²) in [6, 6.07) is 4.13. The van der Waals surface area contributed by atoms with Crippen LogP contribution in [-0.2, 0) is 0 Å². The van der Waals surface area contributed by atoms with Gasteiger partial charge in [-0.2, -0.15) is 10.1 Å². The largest absolute Gasteiger partial charge is 0.368 e. The van der Waals surface area contributed by atoms with Crippen molar-refractivity contribution in [3.63, 3.8) is 0 Å². The van der Waals surface area contributed by atoms with Gasteiger partial charge in [0.1, 0.15) is 5.65 Å². The molecule has 1 amide bonds. The zero-order chi connectivity index (χ0) is 20.0. The van der Waals surface area contributed by atoms with Crippen molar-refractivity contribution in [1.82, 2.24) is 34.8 Å². The fourth-order valence-electron chi connectivity index (χ4n) is 3.90. The first-order valence-corrected chi connectivity index (χ1v) is 9.65. The summed E-state index contributed by atoms with van der Waals surface area (Å²) < 4.78 is 1.72. The number of hydrogen-bond donors (Lipinski definition) is 3. The lowest BCUT2D eigenvalue weighted by Crippen LogP contribution is -2.43. The van der Waals surface area contributed by atoms with Crippen molar-refractivity contribution in [2.24, 2.45) is 0 Å². The van der Waals surface area contributed by atoms with Crippen molar-refractivity contribution in [1.29, 1.82) is 0 Å². The number of aromatic nitrogens is 5. The Morgan fingerprint density at radius 3 is 2.97 bits per heavy atom. The lowest BCUT2D eigenvalue weighted by atomic mass is 10.0. The maximum atomic E-state index is 12.9. The third-order valence-electron chi connectivity index (χ3n) is 5.58. The first kappa shape index (κ1) is 17.6. The third kappa shape index (κ3) is 3.19. The topological polar surface area (TPSA) is 117 Å². The van der Waals surface area contributed by atoms with Gasteiger partial charge in [0.15, 0.2) is 0 Å². The standard InChI is InChI=1S/C20H22N8O/c1-27-5-3-13(4-6-27)25-19(29)16-11-24-28-7-2-12(8-17(16)28)14-9-22-18-15(14)10-23-20(21)26-18/h2,7-11,13H,3-6H2,1H3,(H,25,29)(H3,21,22,23,26). The van der Waals surface area contributed by atoms with E-state index in [2.05, 4.69) is 37.3 Å². The quantitative estimate of drug-likeness (QED) is 0.490. The van der Waals surface area contributed by atoms with Crippen LogP contribution in [0.2, 0.25) is 0 Å². The SMILES string of the molecule is CN1CCC(NC(=O)c2cnn3ccc(-c4c[nH]c5nc(N)ncc45)cc23)CC1. The molecule has 0 bridgehead atoms. The van der Waals surface area contributed by atoms with Gasteiger partial charge in [-0.1, -0.05) is 0 Å². The lowest BCUT2D eigenvalue weighted by molar-refractivity contribution is 0.0918. The predicted molar refractivity (Wildman–Crippen MR) is 110 cm³/mol. The molecule has 4 aromatic heterocycles. The van der Waals surface area contributed by atoms with Crippen LogP contribution in [0.3, 0.4) is 0 Å².